The first-order valence-electron chi connectivity index (χ1n) is 7.89. The van der Waals surface area contributed by atoms with E-state index in [2.05, 4.69) is 0 Å². The molecule has 1 fully saturated rings. The minimum Gasteiger partial charge on any atom is -0.484 e. The third kappa shape index (κ3) is 4.35. The fourth-order valence-corrected chi connectivity index (χ4v) is 3.00. The van der Waals surface area contributed by atoms with Crippen LogP contribution in [0.15, 0.2) is 42.5 Å². The van der Waals surface area contributed by atoms with E-state index in [1.54, 1.807) is 41.3 Å². The number of piperazine rings is 1. The highest BCUT2D eigenvalue weighted by Gasteiger charge is 2.22. The summed E-state index contributed by atoms with van der Waals surface area (Å²) in [5.41, 5.74) is 0.571. The van der Waals surface area contributed by atoms with Gasteiger partial charge in [-0.05, 0) is 24.3 Å². The molecule has 0 unspecified atom stereocenters. The highest BCUT2D eigenvalue weighted by atomic mass is 35.5. The molecule has 0 bridgehead atoms. The molecule has 0 N–H and O–H groups in total. The van der Waals surface area contributed by atoms with Crippen LogP contribution in [0.25, 0.3) is 0 Å². The number of para-hydroxylation sites is 1. The van der Waals surface area contributed by atoms with Crippen LogP contribution < -0.4 is 9.64 Å². The second kappa shape index (κ2) is 7.93. The molecule has 1 saturated heterocycles. The van der Waals surface area contributed by atoms with Crippen molar-refractivity contribution in [2.75, 3.05) is 37.7 Å². The van der Waals surface area contributed by atoms with E-state index in [1.807, 2.05) is 4.90 Å². The predicted octanol–water partition coefficient (Wildman–Crippen LogP) is 3.86. The smallest absolute Gasteiger partial charge is 0.260 e. The maximum absolute atomic E-state index is 13.8. The van der Waals surface area contributed by atoms with Gasteiger partial charge in [0.1, 0.15) is 11.6 Å². The van der Waals surface area contributed by atoms with Gasteiger partial charge in [-0.3, -0.25) is 4.79 Å². The number of carbonyl (C=O) groups is 1. The standard InChI is InChI=1S/C18H17Cl2FN2O2/c19-14-6-5-13(11-15(14)20)25-12-18(24)23-9-7-22(8-10-23)17-4-2-1-3-16(17)21/h1-6,11H,7-10,12H2. The number of carbonyl (C=O) groups excluding carboxylic acids is 1. The second-order valence-electron chi connectivity index (χ2n) is 5.68. The van der Waals surface area contributed by atoms with Crippen LogP contribution in [0.5, 0.6) is 5.75 Å². The first-order valence-corrected chi connectivity index (χ1v) is 8.65. The lowest BCUT2D eigenvalue weighted by molar-refractivity contribution is -0.133. The minimum absolute atomic E-state index is 0.0718. The molecule has 0 aliphatic carbocycles. The van der Waals surface area contributed by atoms with Gasteiger partial charge in [0.15, 0.2) is 6.61 Å². The number of ether oxygens (including phenoxy) is 1. The Kier molecular flexibility index (Phi) is 5.66. The van der Waals surface area contributed by atoms with Gasteiger partial charge in [-0.1, -0.05) is 35.3 Å². The lowest BCUT2D eigenvalue weighted by Gasteiger charge is -2.36. The number of rotatable bonds is 4. The SMILES string of the molecule is O=C(COc1ccc(Cl)c(Cl)c1)N1CCN(c2ccccc2F)CC1. The average Bonchev–Trinajstić information content (AvgIpc) is 2.63. The molecule has 0 spiro atoms. The lowest BCUT2D eigenvalue weighted by atomic mass is 10.2. The zero-order valence-electron chi connectivity index (χ0n) is 13.4. The molecule has 4 nitrogen and oxygen atoms in total. The van der Waals surface area contributed by atoms with E-state index in [-0.39, 0.29) is 18.3 Å². The van der Waals surface area contributed by atoms with Gasteiger partial charge in [-0.2, -0.15) is 0 Å². The number of halogens is 3. The van der Waals surface area contributed by atoms with E-state index in [4.69, 9.17) is 27.9 Å². The maximum atomic E-state index is 13.8. The van der Waals surface area contributed by atoms with Crippen molar-refractivity contribution in [3.63, 3.8) is 0 Å². The van der Waals surface area contributed by atoms with E-state index < -0.39 is 0 Å². The van der Waals surface area contributed by atoms with Crippen molar-refractivity contribution in [1.29, 1.82) is 0 Å². The number of hydrogen-bond acceptors (Lipinski definition) is 3. The summed E-state index contributed by atoms with van der Waals surface area (Å²) in [6, 6.07) is 11.5. The van der Waals surface area contributed by atoms with Gasteiger partial charge >= 0.3 is 0 Å². The van der Waals surface area contributed by atoms with Crippen molar-refractivity contribution < 1.29 is 13.9 Å². The molecule has 0 radical (unpaired) electrons. The van der Waals surface area contributed by atoms with Crippen LogP contribution in [0.1, 0.15) is 0 Å². The van der Waals surface area contributed by atoms with Crippen molar-refractivity contribution >= 4 is 34.8 Å². The van der Waals surface area contributed by atoms with Gasteiger partial charge in [-0.25, -0.2) is 4.39 Å². The zero-order valence-corrected chi connectivity index (χ0v) is 14.9. The van der Waals surface area contributed by atoms with Gasteiger partial charge in [0, 0.05) is 32.2 Å². The number of amides is 1. The second-order valence-corrected chi connectivity index (χ2v) is 6.50. The molecule has 7 heteroatoms. The molecule has 1 aliphatic rings. The summed E-state index contributed by atoms with van der Waals surface area (Å²) in [4.78, 5) is 15.9. The summed E-state index contributed by atoms with van der Waals surface area (Å²) in [7, 11) is 0. The molecular weight excluding hydrogens is 366 g/mol. The van der Waals surface area contributed by atoms with Crippen LogP contribution in [-0.4, -0.2) is 43.6 Å². The third-order valence-electron chi connectivity index (χ3n) is 4.08. The molecule has 2 aromatic carbocycles. The Morgan fingerprint density at radius 1 is 1.04 bits per heavy atom. The van der Waals surface area contributed by atoms with Gasteiger partial charge in [0.2, 0.25) is 0 Å². The quantitative estimate of drug-likeness (QED) is 0.804. The van der Waals surface area contributed by atoms with Crippen LogP contribution >= 0.6 is 23.2 Å². The Labute approximate surface area is 155 Å². The maximum Gasteiger partial charge on any atom is 0.260 e. The molecule has 132 valence electrons. The molecule has 0 aromatic heterocycles. The van der Waals surface area contributed by atoms with Gasteiger partial charge in [-0.15, -0.1) is 0 Å². The normalized spacial score (nSPS) is 14.5. The molecule has 0 saturated carbocycles. The van der Waals surface area contributed by atoms with Crippen LogP contribution in [0, 0.1) is 5.82 Å². The third-order valence-corrected chi connectivity index (χ3v) is 4.82. The van der Waals surface area contributed by atoms with Gasteiger partial charge in [0.25, 0.3) is 5.91 Å². The topological polar surface area (TPSA) is 32.8 Å². The first kappa shape index (κ1) is 17.8. The molecule has 25 heavy (non-hydrogen) atoms. The number of nitrogens with zero attached hydrogens (tertiary/aromatic N) is 2. The Bertz CT molecular complexity index is 764. The number of hydrogen-bond donors (Lipinski definition) is 0. The summed E-state index contributed by atoms with van der Waals surface area (Å²) in [6.45, 7) is 2.15. The van der Waals surface area contributed by atoms with E-state index in [9.17, 15) is 9.18 Å². The van der Waals surface area contributed by atoms with Crippen molar-refractivity contribution in [1.82, 2.24) is 4.90 Å². The van der Waals surface area contributed by atoms with Crippen LogP contribution in [0.2, 0.25) is 10.0 Å². The van der Waals surface area contributed by atoms with Crippen molar-refractivity contribution in [3.8, 4) is 5.75 Å². The molecule has 0 atom stereocenters. The van der Waals surface area contributed by atoms with Crippen molar-refractivity contribution in [2.45, 2.75) is 0 Å². The van der Waals surface area contributed by atoms with E-state index in [1.165, 1.54) is 6.07 Å². The Morgan fingerprint density at radius 3 is 2.44 bits per heavy atom. The summed E-state index contributed by atoms with van der Waals surface area (Å²) in [6.07, 6.45) is 0. The highest BCUT2D eigenvalue weighted by Crippen LogP contribution is 2.26. The van der Waals surface area contributed by atoms with Crippen LogP contribution in [0.3, 0.4) is 0 Å². The van der Waals surface area contributed by atoms with Gasteiger partial charge in [0.05, 0.1) is 15.7 Å². The number of anilines is 1. The molecule has 3 rings (SSSR count). The lowest BCUT2D eigenvalue weighted by Crippen LogP contribution is -2.50. The molecule has 1 amide bonds. The Hall–Kier alpha value is -1.98. The fraction of sp³-hybridized carbons (Fsp3) is 0.278. The van der Waals surface area contributed by atoms with Crippen molar-refractivity contribution in [2.24, 2.45) is 0 Å². The molecular formula is C18H17Cl2FN2O2. The summed E-state index contributed by atoms with van der Waals surface area (Å²) < 4.78 is 19.3. The summed E-state index contributed by atoms with van der Waals surface area (Å²) >= 11 is 11.8. The van der Waals surface area contributed by atoms with E-state index in [0.717, 1.165) is 0 Å². The van der Waals surface area contributed by atoms with Crippen LogP contribution in [-0.2, 0) is 4.79 Å². The zero-order chi connectivity index (χ0) is 17.8. The summed E-state index contributed by atoms with van der Waals surface area (Å²) in [5.74, 6) is 0.136. The highest BCUT2D eigenvalue weighted by molar-refractivity contribution is 6.42. The van der Waals surface area contributed by atoms with E-state index in [0.29, 0.717) is 47.7 Å². The largest absolute Gasteiger partial charge is 0.484 e. The molecule has 1 aliphatic heterocycles. The predicted molar refractivity (Wildman–Crippen MR) is 97.2 cm³/mol. The van der Waals surface area contributed by atoms with Crippen LogP contribution in [0.4, 0.5) is 10.1 Å². The summed E-state index contributed by atoms with van der Waals surface area (Å²) in [5, 5.41) is 0.815. The Balaban J connectivity index is 1.51. The molecule has 2 aromatic rings. The Morgan fingerprint density at radius 2 is 1.76 bits per heavy atom. The monoisotopic (exact) mass is 382 g/mol. The van der Waals surface area contributed by atoms with Crippen molar-refractivity contribution in [3.05, 3.63) is 58.3 Å². The first-order chi connectivity index (χ1) is 12.0. The van der Waals surface area contributed by atoms with E-state index >= 15 is 0 Å². The fourth-order valence-electron chi connectivity index (χ4n) is 2.71. The average molecular weight is 383 g/mol. The molecule has 1 heterocycles. The minimum atomic E-state index is -0.245. The number of benzene rings is 2. The van der Waals surface area contributed by atoms with Gasteiger partial charge < -0.3 is 14.5 Å².